The summed E-state index contributed by atoms with van der Waals surface area (Å²) < 4.78 is 0. The molecule has 0 saturated carbocycles. The summed E-state index contributed by atoms with van der Waals surface area (Å²) >= 11 is 0. The van der Waals surface area contributed by atoms with Gasteiger partial charge in [0.15, 0.2) is 0 Å². The van der Waals surface area contributed by atoms with Crippen LogP contribution in [0.25, 0.3) is 0 Å². The zero-order chi connectivity index (χ0) is 10.7. The van der Waals surface area contributed by atoms with Gasteiger partial charge in [-0.05, 0) is 5.41 Å². The fourth-order valence-electron chi connectivity index (χ4n) is 0.167. The maximum atomic E-state index is 3.49. The standard InChI is InChI=1S/C6H14.C2H3N3.C2H6/c1-5-6(2,3)4;1-2-4-5-3-1;1-2/h5H2,1-4H3;1-2H,(H,3,4,5);1-2H3. The minimum absolute atomic E-state index is 0.542. The molecule has 0 amide bonds. The maximum absolute atomic E-state index is 3.49. The van der Waals surface area contributed by atoms with Gasteiger partial charge >= 0.3 is 0 Å². The van der Waals surface area contributed by atoms with E-state index in [4.69, 9.17) is 0 Å². The lowest BCUT2D eigenvalue weighted by molar-refractivity contribution is 0.398. The van der Waals surface area contributed by atoms with Gasteiger partial charge in [0.05, 0.1) is 12.4 Å². The Balaban J connectivity index is 0. The van der Waals surface area contributed by atoms with E-state index in [0.717, 1.165) is 0 Å². The van der Waals surface area contributed by atoms with Crippen LogP contribution in [-0.4, -0.2) is 15.4 Å². The summed E-state index contributed by atoms with van der Waals surface area (Å²) in [7, 11) is 0. The molecule has 1 aromatic heterocycles. The number of aromatic amines is 1. The highest BCUT2D eigenvalue weighted by molar-refractivity contribution is 4.55. The first-order chi connectivity index (χ1) is 6.06. The Morgan fingerprint density at radius 1 is 1.08 bits per heavy atom. The molecule has 0 aliphatic carbocycles. The van der Waals surface area contributed by atoms with Crippen molar-refractivity contribution in [3.63, 3.8) is 0 Å². The Morgan fingerprint density at radius 3 is 1.46 bits per heavy atom. The first-order valence-corrected chi connectivity index (χ1v) is 4.86. The minimum Gasteiger partial charge on any atom is -0.198 e. The number of nitrogens with zero attached hydrogens (tertiary/aromatic N) is 2. The highest BCUT2D eigenvalue weighted by Gasteiger charge is 2.03. The molecule has 1 N–H and O–H groups in total. The highest BCUT2D eigenvalue weighted by Crippen LogP contribution is 2.16. The number of hydrogen-bond acceptors (Lipinski definition) is 2. The van der Waals surface area contributed by atoms with Crippen LogP contribution in [0.1, 0.15) is 48.0 Å². The van der Waals surface area contributed by atoms with Crippen molar-refractivity contribution in [2.24, 2.45) is 5.41 Å². The van der Waals surface area contributed by atoms with Crippen LogP contribution in [0.2, 0.25) is 0 Å². The van der Waals surface area contributed by atoms with Crippen molar-refractivity contribution in [3.8, 4) is 0 Å². The molecule has 0 aliphatic heterocycles. The molecule has 78 valence electrons. The van der Waals surface area contributed by atoms with Gasteiger partial charge in [-0.2, -0.15) is 15.4 Å². The maximum Gasteiger partial charge on any atom is 0.0690 e. The van der Waals surface area contributed by atoms with E-state index in [-0.39, 0.29) is 0 Å². The largest absolute Gasteiger partial charge is 0.198 e. The minimum atomic E-state index is 0.542. The second-order valence-electron chi connectivity index (χ2n) is 3.57. The van der Waals surface area contributed by atoms with Crippen molar-refractivity contribution >= 4 is 0 Å². The average Bonchev–Trinajstić information content (AvgIpc) is 2.64. The van der Waals surface area contributed by atoms with E-state index in [1.165, 1.54) is 6.42 Å². The molecule has 3 heteroatoms. The third-order valence-corrected chi connectivity index (χ3v) is 1.39. The number of aromatic nitrogens is 3. The van der Waals surface area contributed by atoms with Crippen LogP contribution in [0.3, 0.4) is 0 Å². The predicted molar refractivity (Wildman–Crippen MR) is 57.5 cm³/mol. The molecule has 1 heterocycles. The van der Waals surface area contributed by atoms with E-state index in [0.29, 0.717) is 5.41 Å². The van der Waals surface area contributed by atoms with E-state index < -0.39 is 0 Å². The van der Waals surface area contributed by atoms with E-state index in [1.54, 1.807) is 12.4 Å². The van der Waals surface area contributed by atoms with Crippen molar-refractivity contribution in [2.75, 3.05) is 0 Å². The lowest BCUT2D eigenvalue weighted by Gasteiger charge is -2.12. The summed E-state index contributed by atoms with van der Waals surface area (Å²) in [4.78, 5) is 0. The molecule has 0 saturated heterocycles. The number of hydrogen-bond donors (Lipinski definition) is 1. The smallest absolute Gasteiger partial charge is 0.0690 e. The SMILES string of the molecule is CC.CCC(C)(C)C.c1cn[nH]n1. The summed E-state index contributed by atoms with van der Waals surface area (Å²) in [6, 6.07) is 0. The fraction of sp³-hybridized carbons (Fsp3) is 0.800. The Bertz CT molecular complexity index is 134. The normalized spacial score (nSPS) is 9.08. The summed E-state index contributed by atoms with van der Waals surface area (Å²) in [6.45, 7) is 12.9. The Kier molecular flexibility index (Phi) is 10.4. The third kappa shape index (κ3) is 18.3. The van der Waals surface area contributed by atoms with Crippen LogP contribution in [0, 0.1) is 5.41 Å². The van der Waals surface area contributed by atoms with Gasteiger partial charge in [-0.3, -0.25) is 0 Å². The van der Waals surface area contributed by atoms with Crippen LogP contribution in [0.5, 0.6) is 0 Å². The monoisotopic (exact) mass is 185 g/mol. The number of rotatable bonds is 0. The van der Waals surface area contributed by atoms with Crippen LogP contribution in [-0.2, 0) is 0 Å². The van der Waals surface area contributed by atoms with E-state index in [9.17, 15) is 0 Å². The van der Waals surface area contributed by atoms with Gasteiger partial charge in [-0.25, -0.2) is 0 Å². The van der Waals surface area contributed by atoms with Gasteiger partial charge in [-0.1, -0.05) is 48.0 Å². The van der Waals surface area contributed by atoms with Crippen LogP contribution in [0.15, 0.2) is 12.4 Å². The molecule has 0 fully saturated rings. The zero-order valence-electron chi connectivity index (χ0n) is 9.76. The Hall–Kier alpha value is -0.860. The second kappa shape index (κ2) is 9.23. The molecule has 13 heavy (non-hydrogen) atoms. The molecule has 0 spiro atoms. The fourth-order valence-corrected chi connectivity index (χ4v) is 0.167. The summed E-state index contributed by atoms with van der Waals surface area (Å²) in [5.74, 6) is 0. The lowest BCUT2D eigenvalue weighted by atomic mass is 9.94. The highest BCUT2D eigenvalue weighted by atomic mass is 15.3. The van der Waals surface area contributed by atoms with E-state index in [1.807, 2.05) is 13.8 Å². The zero-order valence-corrected chi connectivity index (χ0v) is 9.76. The van der Waals surface area contributed by atoms with Crippen molar-refractivity contribution in [1.82, 2.24) is 15.4 Å². The van der Waals surface area contributed by atoms with Crippen LogP contribution >= 0.6 is 0 Å². The molecular formula is C10H23N3. The Morgan fingerprint density at radius 2 is 1.38 bits per heavy atom. The summed E-state index contributed by atoms with van der Waals surface area (Å²) in [5.41, 5.74) is 0.542. The predicted octanol–water partition coefficient (Wildman–Crippen LogP) is 3.27. The van der Waals surface area contributed by atoms with Gasteiger partial charge in [0.2, 0.25) is 0 Å². The molecule has 0 aliphatic rings. The molecule has 0 aromatic carbocycles. The first-order valence-electron chi connectivity index (χ1n) is 4.86. The average molecular weight is 185 g/mol. The summed E-state index contributed by atoms with van der Waals surface area (Å²) in [6.07, 6.45) is 4.44. The number of H-pyrrole nitrogens is 1. The topological polar surface area (TPSA) is 41.6 Å². The molecular weight excluding hydrogens is 162 g/mol. The molecule has 0 unspecified atom stereocenters. The van der Waals surface area contributed by atoms with Gasteiger partial charge in [0, 0.05) is 0 Å². The van der Waals surface area contributed by atoms with Gasteiger partial charge in [0.25, 0.3) is 0 Å². The van der Waals surface area contributed by atoms with Crippen LogP contribution < -0.4 is 0 Å². The molecule has 0 bridgehead atoms. The Labute approximate surface area is 81.9 Å². The summed E-state index contributed by atoms with van der Waals surface area (Å²) in [5, 5.41) is 9.33. The van der Waals surface area contributed by atoms with E-state index >= 15 is 0 Å². The van der Waals surface area contributed by atoms with Gasteiger partial charge in [0.1, 0.15) is 0 Å². The molecule has 1 aromatic rings. The van der Waals surface area contributed by atoms with Crippen molar-refractivity contribution < 1.29 is 0 Å². The van der Waals surface area contributed by atoms with Crippen molar-refractivity contribution in [2.45, 2.75) is 48.0 Å². The van der Waals surface area contributed by atoms with Gasteiger partial charge in [-0.15, -0.1) is 0 Å². The molecule has 0 atom stereocenters. The molecule has 0 radical (unpaired) electrons. The van der Waals surface area contributed by atoms with E-state index in [2.05, 4.69) is 43.1 Å². The second-order valence-corrected chi connectivity index (χ2v) is 3.57. The molecule has 3 nitrogen and oxygen atoms in total. The third-order valence-electron chi connectivity index (χ3n) is 1.39. The van der Waals surface area contributed by atoms with Crippen molar-refractivity contribution in [1.29, 1.82) is 0 Å². The lowest BCUT2D eigenvalue weighted by Crippen LogP contribution is -2.00. The van der Waals surface area contributed by atoms with Crippen LogP contribution in [0.4, 0.5) is 0 Å². The first kappa shape index (κ1) is 14.7. The van der Waals surface area contributed by atoms with Gasteiger partial charge < -0.3 is 0 Å². The molecule has 1 rings (SSSR count). The number of nitrogens with one attached hydrogen (secondary N) is 1. The van der Waals surface area contributed by atoms with Crippen molar-refractivity contribution in [3.05, 3.63) is 12.4 Å². The quantitative estimate of drug-likeness (QED) is 0.674.